The Morgan fingerprint density at radius 3 is 2.31 bits per heavy atom. The summed E-state index contributed by atoms with van der Waals surface area (Å²) in [6, 6.07) is 21.2. The smallest absolute Gasteiger partial charge is 0.407 e. The van der Waals surface area contributed by atoms with E-state index in [-0.39, 0.29) is 42.3 Å². The summed E-state index contributed by atoms with van der Waals surface area (Å²) >= 11 is 0. The maximum atomic E-state index is 12.3. The first-order valence-electron chi connectivity index (χ1n) is 11.0. The van der Waals surface area contributed by atoms with E-state index >= 15 is 0 Å². The van der Waals surface area contributed by atoms with Crippen LogP contribution in [0.5, 0.6) is 0 Å². The fourth-order valence-corrected chi connectivity index (χ4v) is 4.33. The maximum absolute atomic E-state index is 12.3. The van der Waals surface area contributed by atoms with Gasteiger partial charge in [0.15, 0.2) is 0 Å². The van der Waals surface area contributed by atoms with Crippen molar-refractivity contribution in [1.82, 2.24) is 5.32 Å². The van der Waals surface area contributed by atoms with Gasteiger partial charge in [-0.05, 0) is 40.3 Å². The number of fused-ring (bicyclic) bond motifs is 3. The summed E-state index contributed by atoms with van der Waals surface area (Å²) in [7, 11) is 0. The van der Waals surface area contributed by atoms with E-state index in [1.165, 1.54) is 6.07 Å². The predicted molar refractivity (Wildman–Crippen MR) is 126 cm³/mol. The zero-order valence-electron chi connectivity index (χ0n) is 18.6. The number of alkyl carbamates (subject to hydrolysis) is 1. The van der Waals surface area contributed by atoms with E-state index in [0.717, 1.165) is 34.4 Å². The molecule has 1 amide bonds. The van der Waals surface area contributed by atoms with Gasteiger partial charge in [-0.1, -0.05) is 48.5 Å². The van der Waals surface area contributed by atoms with Crippen LogP contribution >= 0.6 is 0 Å². The van der Waals surface area contributed by atoms with Crippen molar-refractivity contribution in [2.45, 2.75) is 24.5 Å². The number of nitriles is 1. The van der Waals surface area contributed by atoms with Crippen LogP contribution in [0.15, 0.2) is 66.7 Å². The second-order valence-electron chi connectivity index (χ2n) is 8.24. The third-order valence-corrected chi connectivity index (χ3v) is 6.04. The normalized spacial score (nSPS) is 13.7. The summed E-state index contributed by atoms with van der Waals surface area (Å²) < 4.78 is 5.43. The molecule has 0 bridgehead atoms. The molecule has 2 atom stereocenters. The number of ether oxygens (including phenoxy) is 1. The summed E-state index contributed by atoms with van der Waals surface area (Å²) in [5, 5.41) is 43.3. The molecule has 0 saturated heterocycles. The molecule has 3 aromatic rings. The van der Waals surface area contributed by atoms with E-state index in [2.05, 4.69) is 5.32 Å². The van der Waals surface area contributed by atoms with Gasteiger partial charge in [-0.3, -0.25) is 10.1 Å². The lowest BCUT2D eigenvalue weighted by Crippen LogP contribution is -2.30. The summed E-state index contributed by atoms with van der Waals surface area (Å²) in [5.41, 5.74) is 4.11. The zero-order valence-corrected chi connectivity index (χ0v) is 18.6. The van der Waals surface area contributed by atoms with Crippen molar-refractivity contribution >= 4 is 11.8 Å². The quantitative estimate of drug-likeness (QED) is 0.333. The number of hydrogen-bond acceptors (Lipinski definition) is 7. The van der Waals surface area contributed by atoms with Crippen LogP contribution in [0.25, 0.3) is 11.1 Å². The van der Waals surface area contributed by atoms with Crippen LogP contribution in [-0.2, 0) is 4.74 Å². The number of nitrogens with zero attached hydrogens (tertiary/aromatic N) is 2. The Kier molecular flexibility index (Phi) is 7.06. The molecular weight excluding hydrogens is 450 g/mol. The third kappa shape index (κ3) is 5.14. The lowest BCUT2D eigenvalue weighted by atomic mass is 9.98. The highest BCUT2D eigenvalue weighted by molar-refractivity contribution is 5.79. The summed E-state index contributed by atoms with van der Waals surface area (Å²) in [5.74, 6) is -0.0798. The van der Waals surface area contributed by atoms with Gasteiger partial charge in [0.05, 0.1) is 22.7 Å². The number of aliphatic hydroxyl groups excluding tert-OH is 2. The monoisotopic (exact) mass is 473 g/mol. The van der Waals surface area contributed by atoms with Gasteiger partial charge in [0.25, 0.3) is 5.69 Å². The van der Waals surface area contributed by atoms with E-state index in [1.54, 1.807) is 6.07 Å². The van der Waals surface area contributed by atoms with Crippen LogP contribution in [0.4, 0.5) is 10.5 Å². The molecule has 0 heterocycles. The summed E-state index contributed by atoms with van der Waals surface area (Å²) in [4.78, 5) is 22.6. The highest BCUT2D eigenvalue weighted by atomic mass is 16.6. The van der Waals surface area contributed by atoms with Crippen molar-refractivity contribution in [1.29, 1.82) is 5.26 Å². The molecule has 35 heavy (non-hydrogen) atoms. The number of carbonyl (C=O) groups is 1. The molecule has 4 rings (SSSR count). The van der Waals surface area contributed by atoms with Gasteiger partial charge in [0, 0.05) is 24.6 Å². The average molecular weight is 473 g/mol. The van der Waals surface area contributed by atoms with Crippen molar-refractivity contribution in [3.8, 4) is 17.2 Å². The number of benzene rings is 3. The van der Waals surface area contributed by atoms with Gasteiger partial charge in [0.2, 0.25) is 0 Å². The number of aliphatic hydroxyl groups is 2. The highest BCUT2D eigenvalue weighted by Gasteiger charge is 2.29. The Labute approximate surface area is 201 Å². The molecule has 1 aliphatic carbocycles. The average Bonchev–Trinajstić information content (AvgIpc) is 3.20. The molecule has 0 aromatic heterocycles. The molecule has 0 fully saturated rings. The molecule has 0 spiro atoms. The summed E-state index contributed by atoms with van der Waals surface area (Å²) in [6.45, 7) is 0.157. The Morgan fingerprint density at radius 1 is 1.09 bits per heavy atom. The first kappa shape index (κ1) is 23.9. The lowest BCUT2D eigenvalue weighted by Gasteiger charge is -2.19. The Bertz CT molecular complexity index is 1260. The zero-order chi connectivity index (χ0) is 24.9. The van der Waals surface area contributed by atoms with E-state index < -0.39 is 23.2 Å². The maximum Gasteiger partial charge on any atom is 0.407 e. The molecule has 0 aliphatic heterocycles. The highest BCUT2D eigenvalue weighted by Crippen LogP contribution is 2.44. The van der Waals surface area contributed by atoms with Gasteiger partial charge >= 0.3 is 6.09 Å². The molecule has 3 N–H and O–H groups in total. The molecule has 2 unspecified atom stereocenters. The van der Waals surface area contributed by atoms with Crippen molar-refractivity contribution in [2.75, 3.05) is 13.2 Å². The minimum atomic E-state index is -1.47. The van der Waals surface area contributed by atoms with Gasteiger partial charge in [0.1, 0.15) is 12.7 Å². The first-order chi connectivity index (χ1) is 16.9. The summed E-state index contributed by atoms with van der Waals surface area (Å²) in [6.07, 6.45) is -3.48. The first-order valence-corrected chi connectivity index (χ1v) is 11.0. The van der Waals surface area contributed by atoms with Gasteiger partial charge in [-0.15, -0.1) is 0 Å². The fraction of sp³-hybridized carbons (Fsp3) is 0.231. The van der Waals surface area contributed by atoms with E-state index in [4.69, 9.17) is 10.00 Å². The fourth-order valence-electron chi connectivity index (χ4n) is 4.33. The number of rotatable bonds is 8. The van der Waals surface area contributed by atoms with Gasteiger partial charge in [-0.25, -0.2) is 4.79 Å². The second-order valence-corrected chi connectivity index (χ2v) is 8.24. The number of amides is 1. The van der Waals surface area contributed by atoms with Crippen molar-refractivity contribution in [3.05, 3.63) is 99.1 Å². The molecule has 1 aliphatic rings. The lowest BCUT2D eigenvalue weighted by molar-refractivity contribution is -0.385. The van der Waals surface area contributed by atoms with Crippen LogP contribution in [-0.4, -0.2) is 40.5 Å². The van der Waals surface area contributed by atoms with Crippen LogP contribution in [0, 0.1) is 21.4 Å². The van der Waals surface area contributed by atoms with Crippen molar-refractivity contribution in [2.24, 2.45) is 0 Å². The molecule has 0 radical (unpaired) electrons. The number of nitro benzene ring substituents is 1. The predicted octanol–water partition coefficient (Wildman–Crippen LogP) is 3.79. The largest absolute Gasteiger partial charge is 0.449 e. The van der Waals surface area contributed by atoms with Crippen LogP contribution in [0.3, 0.4) is 0 Å². The molecule has 9 nitrogen and oxygen atoms in total. The number of hydrogen-bond donors (Lipinski definition) is 3. The number of carbonyl (C=O) groups excluding carboxylic acids is 1. The number of nitrogens with one attached hydrogen (secondary N) is 1. The Balaban J connectivity index is 1.31. The van der Waals surface area contributed by atoms with Crippen molar-refractivity contribution < 1.29 is 24.7 Å². The second kappa shape index (κ2) is 10.3. The van der Waals surface area contributed by atoms with E-state index in [9.17, 15) is 25.1 Å². The van der Waals surface area contributed by atoms with E-state index in [0.29, 0.717) is 0 Å². The number of non-ortho nitro benzene ring substituents is 1. The van der Waals surface area contributed by atoms with Crippen LogP contribution in [0.1, 0.15) is 40.7 Å². The topological polar surface area (TPSA) is 146 Å². The van der Waals surface area contributed by atoms with E-state index in [1.807, 2.05) is 48.5 Å². The minimum absolute atomic E-state index is 0.00258. The molecule has 178 valence electrons. The SMILES string of the molecule is N#Cc1cc(C(O)C(O)CCNC(=O)OCC2c3ccccc3-c3ccccc32)cc([N+](=O)[O-])c1. The van der Waals surface area contributed by atoms with Gasteiger partial charge in [-0.2, -0.15) is 5.26 Å². The molecule has 3 aromatic carbocycles. The molecular formula is C26H23N3O6. The molecule has 0 saturated carbocycles. The number of nitro groups is 1. The molecule has 9 heteroatoms. The van der Waals surface area contributed by atoms with Crippen LogP contribution in [0.2, 0.25) is 0 Å². The third-order valence-electron chi connectivity index (χ3n) is 6.04. The van der Waals surface area contributed by atoms with Crippen LogP contribution < -0.4 is 5.32 Å². The standard InChI is InChI=1S/C26H23N3O6/c27-14-16-11-17(13-18(12-16)29(33)34)25(31)24(30)9-10-28-26(32)35-15-23-21-7-3-1-5-19(21)20-6-2-4-8-22(20)23/h1-8,11-13,23-25,30-31H,9-10,15H2,(H,28,32). The Morgan fingerprint density at radius 2 is 1.71 bits per heavy atom. The Hall–Kier alpha value is -4.26. The van der Waals surface area contributed by atoms with Gasteiger partial charge < -0.3 is 20.3 Å². The minimum Gasteiger partial charge on any atom is -0.449 e. The van der Waals surface area contributed by atoms with Crippen molar-refractivity contribution in [3.63, 3.8) is 0 Å².